The van der Waals surface area contributed by atoms with Crippen LogP contribution in [0.15, 0.2) is 18.2 Å². The number of anilines is 2. The Kier molecular flexibility index (Phi) is 6.40. The van der Waals surface area contributed by atoms with Gasteiger partial charge in [-0.1, -0.05) is 12.8 Å². The number of nitrogens with one attached hydrogen (secondary N) is 1. The summed E-state index contributed by atoms with van der Waals surface area (Å²) in [5, 5.41) is 3.05. The zero-order valence-electron chi connectivity index (χ0n) is 17.0. The molecule has 2 unspecified atom stereocenters. The van der Waals surface area contributed by atoms with E-state index < -0.39 is 0 Å². The normalized spacial score (nSPS) is 22.1. The Morgan fingerprint density at radius 1 is 1.07 bits per heavy atom. The molecule has 27 heavy (non-hydrogen) atoms. The molecule has 0 spiro atoms. The molecule has 1 aromatic carbocycles. The third-order valence-corrected chi connectivity index (χ3v) is 5.96. The number of aryl methyl sites for hydroxylation is 1. The molecule has 3 rings (SSSR count). The number of rotatable bonds is 6. The maximum atomic E-state index is 12.7. The minimum Gasteiger partial charge on any atom is -0.372 e. The highest BCUT2D eigenvalue weighted by Gasteiger charge is 2.49. The number of hydrogen-bond donors (Lipinski definition) is 1. The lowest BCUT2D eigenvalue weighted by Gasteiger charge is -2.22. The molecule has 2 aliphatic rings. The van der Waals surface area contributed by atoms with Crippen LogP contribution >= 0.6 is 0 Å². The fraction of sp³-hybridized carbons (Fsp3) is 0.636. The van der Waals surface area contributed by atoms with Gasteiger partial charge < -0.3 is 15.1 Å². The minimum absolute atomic E-state index is 0.0122. The van der Waals surface area contributed by atoms with E-state index >= 15 is 0 Å². The van der Waals surface area contributed by atoms with Crippen molar-refractivity contribution in [2.45, 2.75) is 52.9 Å². The largest absolute Gasteiger partial charge is 0.372 e. The van der Waals surface area contributed by atoms with Crippen molar-refractivity contribution in [2.75, 3.05) is 36.4 Å². The fourth-order valence-electron chi connectivity index (χ4n) is 4.08. The summed E-state index contributed by atoms with van der Waals surface area (Å²) in [6, 6.07) is 6.16. The third-order valence-electron chi connectivity index (χ3n) is 5.96. The van der Waals surface area contributed by atoms with Crippen molar-refractivity contribution in [1.29, 1.82) is 0 Å². The quantitative estimate of drug-likeness (QED) is 0.827. The van der Waals surface area contributed by atoms with Gasteiger partial charge in [-0.2, -0.15) is 0 Å². The lowest BCUT2D eigenvalue weighted by Crippen LogP contribution is -2.34. The summed E-state index contributed by atoms with van der Waals surface area (Å²) in [7, 11) is 0. The molecule has 1 saturated carbocycles. The van der Waals surface area contributed by atoms with Crippen LogP contribution in [0.1, 0.15) is 51.5 Å². The Hall–Kier alpha value is -2.04. The summed E-state index contributed by atoms with van der Waals surface area (Å²) in [5.41, 5.74) is 3.09. The van der Waals surface area contributed by atoms with Gasteiger partial charge in [0, 0.05) is 37.6 Å². The highest BCUT2D eigenvalue weighted by Crippen LogP contribution is 2.41. The summed E-state index contributed by atoms with van der Waals surface area (Å²) in [6.45, 7) is 9.95. The molecule has 1 heterocycles. The maximum Gasteiger partial charge on any atom is 0.228 e. The lowest BCUT2D eigenvalue weighted by molar-refractivity contribution is -0.134. The van der Waals surface area contributed by atoms with Crippen molar-refractivity contribution < 1.29 is 9.59 Å². The zero-order valence-corrected chi connectivity index (χ0v) is 17.0. The van der Waals surface area contributed by atoms with Gasteiger partial charge in [-0.25, -0.2) is 0 Å². The number of benzene rings is 1. The van der Waals surface area contributed by atoms with Crippen molar-refractivity contribution >= 4 is 23.2 Å². The molecule has 0 aromatic heterocycles. The van der Waals surface area contributed by atoms with Crippen molar-refractivity contribution in [1.82, 2.24) is 4.90 Å². The Labute approximate surface area is 163 Å². The fourth-order valence-corrected chi connectivity index (χ4v) is 4.08. The second kappa shape index (κ2) is 8.77. The Morgan fingerprint density at radius 2 is 1.74 bits per heavy atom. The molecule has 5 heteroatoms. The molecule has 1 aromatic rings. The molecule has 2 fully saturated rings. The van der Waals surface area contributed by atoms with Crippen LogP contribution in [-0.2, 0) is 9.59 Å². The topological polar surface area (TPSA) is 52.7 Å². The molecule has 1 saturated heterocycles. The highest BCUT2D eigenvalue weighted by molar-refractivity contribution is 6.00. The van der Waals surface area contributed by atoms with Crippen LogP contribution in [0.2, 0.25) is 0 Å². The van der Waals surface area contributed by atoms with E-state index in [1.165, 1.54) is 18.5 Å². The molecular formula is C22H33N3O2. The average molecular weight is 372 g/mol. The standard InChI is InChI=1S/C22H33N3O2/c1-4-24(5-2)17-10-11-20(16(3)14-17)23-21(26)18-15-19(18)22(27)25-12-8-6-7-9-13-25/h10-11,14,18-19H,4-9,12-13,15H2,1-3H3,(H,23,26). The molecule has 0 radical (unpaired) electrons. The van der Waals surface area contributed by atoms with Gasteiger partial charge in [-0.05, 0) is 63.8 Å². The van der Waals surface area contributed by atoms with Gasteiger partial charge in [0.1, 0.15) is 0 Å². The van der Waals surface area contributed by atoms with E-state index in [4.69, 9.17) is 0 Å². The SMILES string of the molecule is CCN(CC)c1ccc(NC(=O)C2CC2C(=O)N2CCCCCC2)c(C)c1. The number of hydrogen-bond acceptors (Lipinski definition) is 3. The van der Waals surface area contributed by atoms with Crippen LogP contribution in [0, 0.1) is 18.8 Å². The molecule has 1 N–H and O–H groups in total. The maximum absolute atomic E-state index is 12.7. The Bertz CT molecular complexity index is 676. The number of nitrogens with zero attached hydrogens (tertiary/aromatic N) is 2. The van der Waals surface area contributed by atoms with E-state index in [1.54, 1.807) is 0 Å². The van der Waals surface area contributed by atoms with Crippen molar-refractivity contribution in [3.63, 3.8) is 0 Å². The smallest absolute Gasteiger partial charge is 0.228 e. The molecule has 148 valence electrons. The molecular weight excluding hydrogens is 338 g/mol. The second-order valence-corrected chi connectivity index (χ2v) is 7.85. The summed E-state index contributed by atoms with van der Waals surface area (Å²) in [5.74, 6) is -0.103. The van der Waals surface area contributed by atoms with Crippen LogP contribution in [0.4, 0.5) is 11.4 Å². The van der Waals surface area contributed by atoms with Gasteiger partial charge in [-0.3, -0.25) is 9.59 Å². The number of carbonyl (C=O) groups is 2. The van der Waals surface area contributed by atoms with Crippen molar-refractivity contribution in [2.24, 2.45) is 11.8 Å². The van der Waals surface area contributed by atoms with Crippen LogP contribution in [-0.4, -0.2) is 42.9 Å². The summed E-state index contributed by atoms with van der Waals surface area (Å²) < 4.78 is 0. The van der Waals surface area contributed by atoms with Gasteiger partial charge in [0.2, 0.25) is 11.8 Å². The van der Waals surface area contributed by atoms with E-state index in [0.717, 1.165) is 50.3 Å². The average Bonchev–Trinajstić information content (AvgIpc) is 3.48. The Morgan fingerprint density at radius 3 is 2.33 bits per heavy atom. The van der Waals surface area contributed by atoms with Crippen LogP contribution < -0.4 is 10.2 Å². The first-order valence-electron chi connectivity index (χ1n) is 10.5. The Balaban J connectivity index is 1.57. The van der Waals surface area contributed by atoms with E-state index in [2.05, 4.69) is 36.2 Å². The van der Waals surface area contributed by atoms with Crippen LogP contribution in [0.25, 0.3) is 0 Å². The minimum atomic E-state index is -0.164. The lowest BCUT2D eigenvalue weighted by atomic mass is 10.1. The monoisotopic (exact) mass is 371 g/mol. The van der Waals surface area contributed by atoms with Gasteiger partial charge in [0.15, 0.2) is 0 Å². The van der Waals surface area contributed by atoms with Crippen molar-refractivity contribution in [3.8, 4) is 0 Å². The molecule has 2 amide bonds. The summed E-state index contributed by atoms with van der Waals surface area (Å²) in [6.07, 6.45) is 5.29. The van der Waals surface area contributed by atoms with Gasteiger partial charge in [0.25, 0.3) is 0 Å². The number of amides is 2. The van der Waals surface area contributed by atoms with E-state index in [9.17, 15) is 9.59 Å². The van der Waals surface area contributed by atoms with Crippen LogP contribution in [0.3, 0.4) is 0 Å². The predicted octanol–water partition coefficient (Wildman–Crippen LogP) is 3.82. The second-order valence-electron chi connectivity index (χ2n) is 7.85. The van der Waals surface area contributed by atoms with Crippen LogP contribution in [0.5, 0.6) is 0 Å². The van der Waals surface area contributed by atoms with Gasteiger partial charge >= 0.3 is 0 Å². The van der Waals surface area contributed by atoms with Crippen molar-refractivity contribution in [3.05, 3.63) is 23.8 Å². The zero-order chi connectivity index (χ0) is 19.4. The molecule has 1 aliphatic carbocycles. The van der Waals surface area contributed by atoms with Gasteiger partial charge in [0.05, 0.1) is 11.8 Å². The van der Waals surface area contributed by atoms with E-state index in [1.807, 2.05) is 17.9 Å². The number of carbonyl (C=O) groups excluding carboxylic acids is 2. The first-order valence-corrected chi connectivity index (χ1v) is 10.5. The molecule has 0 bridgehead atoms. The number of likely N-dealkylation sites (tertiary alicyclic amines) is 1. The summed E-state index contributed by atoms with van der Waals surface area (Å²) in [4.78, 5) is 29.6. The predicted molar refractivity (Wildman–Crippen MR) is 110 cm³/mol. The van der Waals surface area contributed by atoms with Gasteiger partial charge in [-0.15, -0.1) is 0 Å². The third kappa shape index (κ3) is 4.63. The molecule has 1 aliphatic heterocycles. The van der Waals surface area contributed by atoms with E-state index in [-0.39, 0.29) is 23.7 Å². The first-order chi connectivity index (χ1) is 13.0. The molecule has 2 atom stereocenters. The summed E-state index contributed by atoms with van der Waals surface area (Å²) >= 11 is 0. The molecule has 5 nitrogen and oxygen atoms in total. The first kappa shape index (κ1) is 19.7. The van der Waals surface area contributed by atoms with E-state index in [0.29, 0.717) is 6.42 Å². The highest BCUT2D eigenvalue weighted by atomic mass is 16.2.